The number of amides is 2. The zero-order chi connectivity index (χ0) is 17.7. The van der Waals surface area contributed by atoms with Crippen molar-refractivity contribution in [3.8, 4) is 0 Å². The number of carbonyl (C=O) groups is 2. The van der Waals surface area contributed by atoms with Crippen molar-refractivity contribution >= 4 is 11.8 Å². The Morgan fingerprint density at radius 2 is 1.75 bits per heavy atom. The summed E-state index contributed by atoms with van der Waals surface area (Å²) in [6, 6.07) is 0.238. The third-order valence-corrected chi connectivity index (χ3v) is 5.43. The lowest BCUT2D eigenvalue weighted by Gasteiger charge is -2.35. The SMILES string of the molecule is CCCN(CC(=O)N1CCC(C(=O)N(C)C(C)C)CC1)CC1CC1. The van der Waals surface area contributed by atoms with Crippen LogP contribution in [0, 0.1) is 11.8 Å². The van der Waals surface area contributed by atoms with Crippen molar-refractivity contribution < 1.29 is 9.59 Å². The summed E-state index contributed by atoms with van der Waals surface area (Å²) in [5.41, 5.74) is 0. The van der Waals surface area contributed by atoms with E-state index in [1.165, 1.54) is 12.8 Å². The molecule has 2 fully saturated rings. The van der Waals surface area contributed by atoms with Crippen molar-refractivity contribution in [2.45, 2.75) is 58.9 Å². The van der Waals surface area contributed by atoms with E-state index in [0.717, 1.165) is 51.4 Å². The Morgan fingerprint density at radius 1 is 1.12 bits per heavy atom. The van der Waals surface area contributed by atoms with Crippen LogP contribution >= 0.6 is 0 Å². The molecule has 0 aromatic rings. The molecule has 5 heteroatoms. The molecule has 2 rings (SSSR count). The van der Waals surface area contributed by atoms with Crippen LogP contribution in [0.2, 0.25) is 0 Å². The first-order valence-corrected chi connectivity index (χ1v) is 9.69. The van der Waals surface area contributed by atoms with E-state index in [4.69, 9.17) is 0 Å². The Bertz CT molecular complexity index is 426. The molecule has 0 radical (unpaired) electrons. The third-order valence-electron chi connectivity index (χ3n) is 5.43. The molecule has 0 aromatic heterocycles. The minimum Gasteiger partial charge on any atom is -0.343 e. The van der Waals surface area contributed by atoms with Gasteiger partial charge in [-0.25, -0.2) is 0 Å². The van der Waals surface area contributed by atoms with E-state index < -0.39 is 0 Å². The lowest BCUT2D eigenvalue weighted by molar-refractivity contribution is -0.141. The molecule has 1 aliphatic carbocycles. The maximum atomic E-state index is 12.6. The Hall–Kier alpha value is -1.10. The van der Waals surface area contributed by atoms with Gasteiger partial charge in [0.15, 0.2) is 0 Å². The number of carbonyl (C=O) groups excluding carboxylic acids is 2. The third kappa shape index (κ3) is 5.47. The molecule has 0 bridgehead atoms. The topological polar surface area (TPSA) is 43.9 Å². The maximum absolute atomic E-state index is 12.6. The summed E-state index contributed by atoms with van der Waals surface area (Å²) in [6.45, 7) is 10.3. The summed E-state index contributed by atoms with van der Waals surface area (Å²) in [4.78, 5) is 31.1. The number of piperidine rings is 1. The van der Waals surface area contributed by atoms with E-state index in [2.05, 4.69) is 11.8 Å². The Labute approximate surface area is 147 Å². The van der Waals surface area contributed by atoms with E-state index in [1.54, 1.807) is 0 Å². The first-order valence-electron chi connectivity index (χ1n) is 9.69. The molecule has 0 spiro atoms. The second-order valence-corrected chi connectivity index (χ2v) is 7.88. The molecular weight excluding hydrogens is 302 g/mol. The molecule has 0 N–H and O–H groups in total. The monoisotopic (exact) mass is 337 g/mol. The summed E-state index contributed by atoms with van der Waals surface area (Å²) >= 11 is 0. The fourth-order valence-corrected chi connectivity index (χ4v) is 3.43. The molecule has 0 unspecified atom stereocenters. The van der Waals surface area contributed by atoms with Gasteiger partial charge in [-0.1, -0.05) is 6.92 Å². The maximum Gasteiger partial charge on any atom is 0.236 e. The van der Waals surface area contributed by atoms with Gasteiger partial charge in [-0.2, -0.15) is 0 Å². The summed E-state index contributed by atoms with van der Waals surface area (Å²) in [7, 11) is 1.88. The van der Waals surface area contributed by atoms with Crippen molar-refractivity contribution in [1.29, 1.82) is 0 Å². The number of hydrogen-bond acceptors (Lipinski definition) is 3. The first-order chi connectivity index (χ1) is 11.4. The molecule has 2 aliphatic rings. The predicted octanol–water partition coefficient (Wildman–Crippen LogP) is 2.21. The van der Waals surface area contributed by atoms with E-state index in [9.17, 15) is 9.59 Å². The summed E-state index contributed by atoms with van der Waals surface area (Å²) in [5.74, 6) is 1.38. The van der Waals surface area contributed by atoms with Crippen molar-refractivity contribution in [2.24, 2.45) is 11.8 Å². The molecule has 0 aromatic carbocycles. The molecule has 24 heavy (non-hydrogen) atoms. The van der Waals surface area contributed by atoms with Crippen molar-refractivity contribution in [1.82, 2.24) is 14.7 Å². The normalized spacial score (nSPS) is 19.2. The molecule has 138 valence electrons. The fourth-order valence-electron chi connectivity index (χ4n) is 3.43. The molecule has 2 amide bonds. The Balaban J connectivity index is 1.77. The summed E-state index contributed by atoms with van der Waals surface area (Å²) in [6.07, 6.45) is 5.35. The van der Waals surface area contributed by atoms with Gasteiger partial charge in [0.25, 0.3) is 0 Å². The summed E-state index contributed by atoms with van der Waals surface area (Å²) < 4.78 is 0. The first kappa shape index (κ1) is 19.2. The van der Waals surface area contributed by atoms with Gasteiger partial charge in [-0.3, -0.25) is 14.5 Å². The molecule has 1 saturated heterocycles. The molecule has 1 saturated carbocycles. The second kappa shape index (κ2) is 8.84. The van der Waals surface area contributed by atoms with Crippen molar-refractivity contribution in [2.75, 3.05) is 39.8 Å². The lowest BCUT2D eigenvalue weighted by atomic mass is 9.95. The van der Waals surface area contributed by atoms with Crippen LogP contribution < -0.4 is 0 Å². The standard InChI is InChI=1S/C19H35N3O2/c1-5-10-21(13-16-6-7-16)14-18(23)22-11-8-17(9-12-22)19(24)20(4)15(2)3/h15-17H,5-14H2,1-4H3. The van der Waals surface area contributed by atoms with Gasteiger partial charge in [0, 0.05) is 38.6 Å². The average molecular weight is 338 g/mol. The van der Waals surface area contributed by atoms with Gasteiger partial charge in [-0.05, 0) is 58.4 Å². The lowest BCUT2D eigenvalue weighted by Crippen LogP contribution is -2.47. The van der Waals surface area contributed by atoms with Gasteiger partial charge < -0.3 is 9.80 Å². The second-order valence-electron chi connectivity index (χ2n) is 7.88. The number of likely N-dealkylation sites (tertiary alicyclic amines) is 1. The number of hydrogen-bond donors (Lipinski definition) is 0. The largest absolute Gasteiger partial charge is 0.343 e. The highest BCUT2D eigenvalue weighted by Gasteiger charge is 2.31. The van der Waals surface area contributed by atoms with E-state index in [1.807, 2.05) is 30.7 Å². The molecule has 1 heterocycles. The van der Waals surface area contributed by atoms with Gasteiger partial charge in [0.1, 0.15) is 0 Å². The molecular formula is C19H35N3O2. The fraction of sp³-hybridized carbons (Fsp3) is 0.895. The highest BCUT2D eigenvalue weighted by molar-refractivity contribution is 5.81. The highest BCUT2D eigenvalue weighted by Crippen LogP contribution is 2.29. The Kier molecular flexibility index (Phi) is 7.08. The van der Waals surface area contributed by atoms with Crippen LogP contribution in [0.15, 0.2) is 0 Å². The van der Waals surface area contributed by atoms with E-state index >= 15 is 0 Å². The van der Waals surface area contributed by atoms with Crippen LogP contribution in [0.4, 0.5) is 0 Å². The van der Waals surface area contributed by atoms with Crippen LogP contribution in [-0.2, 0) is 9.59 Å². The highest BCUT2D eigenvalue weighted by atomic mass is 16.2. The van der Waals surface area contributed by atoms with Crippen LogP contribution in [0.5, 0.6) is 0 Å². The number of rotatable bonds is 8. The van der Waals surface area contributed by atoms with Crippen molar-refractivity contribution in [3.05, 3.63) is 0 Å². The average Bonchev–Trinajstić information content (AvgIpc) is 3.37. The quantitative estimate of drug-likeness (QED) is 0.682. The minimum atomic E-state index is 0.0830. The van der Waals surface area contributed by atoms with Crippen molar-refractivity contribution in [3.63, 3.8) is 0 Å². The van der Waals surface area contributed by atoms with Crippen LogP contribution in [0.25, 0.3) is 0 Å². The van der Waals surface area contributed by atoms with Crippen LogP contribution in [-0.4, -0.2) is 72.3 Å². The zero-order valence-electron chi connectivity index (χ0n) is 16.0. The minimum absolute atomic E-state index is 0.0830. The zero-order valence-corrected chi connectivity index (χ0v) is 16.0. The predicted molar refractivity (Wildman–Crippen MR) is 96.7 cm³/mol. The van der Waals surface area contributed by atoms with Crippen LogP contribution in [0.1, 0.15) is 52.9 Å². The van der Waals surface area contributed by atoms with E-state index in [-0.39, 0.29) is 23.8 Å². The Morgan fingerprint density at radius 3 is 2.25 bits per heavy atom. The van der Waals surface area contributed by atoms with Gasteiger partial charge in [0.2, 0.25) is 11.8 Å². The van der Waals surface area contributed by atoms with E-state index in [0.29, 0.717) is 6.54 Å². The molecule has 1 aliphatic heterocycles. The van der Waals surface area contributed by atoms with Gasteiger partial charge in [0.05, 0.1) is 6.54 Å². The molecule has 0 atom stereocenters. The smallest absolute Gasteiger partial charge is 0.236 e. The van der Waals surface area contributed by atoms with Gasteiger partial charge >= 0.3 is 0 Å². The van der Waals surface area contributed by atoms with Gasteiger partial charge in [-0.15, -0.1) is 0 Å². The number of nitrogens with zero attached hydrogens (tertiary/aromatic N) is 3. The van der Waals surface area contributed by atoms with Crippen LogP contribution in [0.3, 0.4) is 0 Å². The molecule has 5 nitrogen and oxygen atoms in total. The summed E-state index contributed by atoms with van der Waals surface area (Å²) in [5, 5.41) is 0.